The van der Waals surface area contributed by atoms with E-state index >= 15 is 0 Å². The molecule has 2 rings (SSSR count). The Balaban J connectivity index is 2.07. The molecule has 20 heavy (non-hydrogen) atoms. The number of para-hydroxylation sites is 1. The summed E-state index contributed by atoms with van der Waals surface area (Å²) >= 11 is 0. The molecule has 1 heterocycles. The van der Waals surface area contributed by atoms with Crippen LogP contribution in [0.5, 0.6) is 5.75 Å². The van der Waals surface area contributed by atoms with Crippen molar-refractivity contribution in [2.45, 2.75) is 25.3 Å². The highest BCUT2D eigenvalue weighted by molar-refractivity contribution is 5.96. The first-order valence-corrected chi connectivity index (χ1v) is 6.43. The highest BCUT2D eigenvalue weighted by Gasteiger charge is 2.32. The van der Waals surface area contributed by atoms with Gasteiger partial charge in [-0.15, -0.1) is 0 Å². The quantitative estimate of drug-likeness (QED) is 0.842. The molecule has 1 aliphatic rings. The molecule has 0 aromatic heterocycles. The molecular weight excluding hydrogens is 260 g/mol. The second-order valence-electron chi connectivity index (χ2n) is 4.47. The van der Waals surface area contributed by atoms with Crippen LogP contribution in [0.1, 0.15) is 19.3 Å². The number of ether oxygens (including phenoxy) is 1. The third-order valence-corrected chi connectivity index (χ3v) is 3.09. The van der Waals surface area contributed by atoms with Gasteiger partial charge in [0.15, 0.2) is 0 Å². The van der Waals surface area contributed by atoms with Crippen LogP contribution in [0.3, 0.4) is 0 Å². The first-order valence-electron chi connectivity index (χ1n) is 6.43. The average molecular weight is 275 g/mol. The predicted octanol–water partition coefficient (Wildman–Crippen LogP) is 1.22. The van der Waals surface area contributed by atoms with Crippen molar-refractivity contribution in [2.24, 2.45) is 0 Å². The lowest BCUT2D eigenvalue weighted by Crippen LogP contribution is -2.48. The van der Waals surface area contributed by atoms with E-state index in [1.54, 1.807) is 30.3 Å². The first-order chi connectivity index (χ1) is 9.72. The van der Waals surface area contributed by atoms with E-state index in [0.717, 1.165) is 11.3 Å². The van der Waals surface area contributed by atoms with E-state index in [-0.39, 0.29) is 0 Å². The third-order valence-electron chi connectivity index (χ3n) is 3.09. The summed E-state index contributed by atoms with van der Waals surface area (Å²) in [5, 5.41) is 2.32. The van der Waals surface area contributed by atoms with Crippen LogP contribution in [0.2, 0.25) is 0 Å². The fourth-order valence-corrected chi connectivity index (χ4v) is 2.07. The molecule has 1 atom stereocenters. The number of rotatable bonds is 3. The van der Waals surface area contributed by atoms with Crippen molar-refractivity contribution < 1.29 is 19.1 Å². The smallest absolute Gasteiger partial charge is 0.410 e. The fourth-order valence-electron chi connectivity index (χ4n) is 2.07. The second-order valence-corrected chi connectivity index (χ2v) is 4.47. The number of hydrogen-bond acceptors (Lipinski definition) is 4. The minimum Gasteiger partial charge on any atom is -0.410 e. The fraction of sp³-hybridized carbons (Fsp3) is 0.357. The van der Waals surface area contributed by atoms with Crippen molar-refractivity contribution in [1.29, 1.82) is 0 Å². The van der Waals surface area contributed by atoms with Gasteiger partial charge in [-0.2, -0.15) is 0 Å². The lowest BCUT2D eigenvalue weighted by atomic mass is 10.1. The Morgan fingerprint density at radius 1 is 1.30 bits per heavy atom. The second kappa shape index (κ2) is 6.70. The van der Waals surface area contributed by atoms with Crippen LogP contribution < -0.4 is 10.1 Å². The van der Waals surface area contributed by atoms with Gasteiger partial charge in [-0.1, -0.05) is 18.2 Å². The van der Waals surface area contributed by atoms with Crippen LogP contribution in [0.4, 0.5) is 4.79 Å². The van der Waals surface area contributed by atoms with E-state index in [0.29, 0.717) is 25.1 Å². The highest BCUT2D eigenvalue weighted by atomic mass is 16.6. The zero-order valence-corrected chi connectivity index (χ0v) is 10.9. The number of imide groups is 1. The predicted molar refractivity (Wildman–Crippen MR) is 70.6 cm³/mol. The molecule has 1 N–H and O–H groups in total. The Bertz CT molecular complexity index is 489. The summed E-state index contributed by atoms with van der Waals surface area (Å²) < 4.78 is 5.15. The van der Waals surface area contributed by atoms with Crippen molar-refractivity contribution in [1.82, 2.24) is 10.2 Å². The van der Waals surface area contributed by atoms with E-state index in [1.807, 2.05) is 0 Å². The van der Waals surface area contributed by atoms with Gasteiger partial charge in [-0.25, -0.2) is 9.69 Å². The van der Waals surface area contributed by atoms with Gasteiger partial charge in [0.25, 0.3) is 5.91 Å². The number of likely N-dealkylation sites (tertiary alicyclic amines) is 1. The van der Waals surface area contributed by atoms with E-state index in [9.17, 15) is 14.4 Å². The maximum absolute atomic E-state index is 12.2. The number of carbonyl (C=O) groups is 2. The first kappa shape index (κ1) is 14.0. The Morgan fingerprint density at radius 3 is 2.75 bits per heavy atom. The standard InChI is InChI=1S/C14H15N2O4/c17-10-15-12-8-4-5-9-16(13(12)18)14(19)20-11-6-2-1-3-7-11/h1-3,6-7,12H,4-5,8-9H2,(H,15,17)/t12-/m0/s1. The van der Waals surface area contributed by atoms with Crippen LogP contribution in [0.25, 0.3) is 0 Å². The minimum atomic E-state index is -0.721. The van der Waals surface area contributed by atoms with Crippen molar-refractivity contribution in [3.8, 4) is 5.75 Å². The molecule has 1 aliphatic heterocycles. The van der Waals surface area contributed by atoms with Gasteiger partial charge in [-0.3, -0.25) is 9.59 Å². The van der Waals surface area contributed by atoms with Crippen LogP contribution in [0, 0.1) is 0 Å². The summed E-state index contributed by atoms with van der Waals surface area (Å²) in [6, 6.07) is 7.83. The molecule has 1 fully saturated rings. The summed E-state index contributed by atoms with van der Waals surface area (Å²) in [5.74, 6) is -0.0761. The molecule has 1 saturated heterocycles. The molecule has 0 spiro atoms. The molecule has 105 valence electrons. The molecule has 0 aliphatic carbocycles. The zero-order chi connectivity index (χ0) is 14.4. The lowest BCUT2D eigenvalue weighted by Gasteiger charge is -2.21. The molecule has 1 radical (unpaired) electrons. The Kier molecular flexibility index (Phi) is 4.70. The summed E-state index contributed by atoms with van der Waals surface area (Å²) in [7, 11) is 0. The van der Waals surface area contributed by atoms with Crippen LogP contribution in [-0.4, -0.2) is 35.9 Å². The lowest BCUT2D eigenvalue weighted by molar-refractivity contribution is -0.130. The van der Waals surface area contributed by atoms with E-state index in [1.165, 1.54) is 6.41 Å². The van der Waals surface area contributed by atoms with Crippen molar-refractivity contribution >= 4 is 18.4 Å². The van der Waals surface area contributed by atoms with Gasteiger partial charge in [-0.05, 0) is 31.4 Å². The third kappa shape index (κ3) is 3.34. The number of amides is 3. The van der Waals surface area contributed by atoms with Crippen LogP contribution >= 0.6 is 0 Å². The van der Waals surface area contributed by atoms with Gasteiger partial charge in [0, 0.05) is 6.54 Å². The monoisotopic (exact) mass is 275 g/mol. The van der Waals surface area contributed by atoms with Gasteiger partial charge >= 0.3 is 12.5 Å². The number of nitrogens with zero attached hydrogens (tertiary/aromatic N) is 1. The topological polar surface area (TPSA) is 75.7 Å². The van der Waals surface area contributed by atoms with Gasteiger partial charge in [0.1, 0.15) is 11.8 Å². The van der Waals surface area contributed by atoms with Crippen molar-refractivity contribution in [2.75, 3.05) is 6.54 Å². The SMILES string of the molecule is O=[C]N[C@H]1CCCCN(C(=O)Oc2ccccc2)C1=O. The number of benzene rings is 1. The van der Waals surface area contributed by atoms with Crippen molar-refractivity contribution in [3.05, 3.63) is 30.3 Å². The Morgan fingerprint density at radius 2 is 2.05 bits per heavy atom. The van der Waals surface area contributed by atoms with Gasteiger partial charge in [0.2, 0.25) is 0 Å². The summed E-state index contributed by atoms with van der Waals surface area (Å²) in [4.78, 5) is 35.6. The summed E-state index contributed by atoms with van der Waals surface area (Å²) in [5.41, 5.74) is 0. The summed E-state index contributed by atoms with van der Waals surface area (Å²) in [6.45, 7) is 0.293. The molecule has 0 unspecified atom stereocenters. The molecule has 0 saturated carbocycles. The molecule has 0 bridgehead atoms. The van der Waals surface area contributed by atoms with Gasteiger partial charge in [0.05, 0.1) is 0 Å². The number of nitrogens with one attached hydrogen (secondary N) is 1. The Labute approximate surface area is 116 Å². The molecule has 1 aromatic rings. The molecule has 3 amide bonds. The number of carbonyl (C=O) groups excluding carboxylic acids is 3. The van der Waals surface area contributed by atoms with E-state index in [2.05, 4.69) is 5.32 Å². The minimum absolute atomic E-state index is 0.293. The Hall–Kier alpha value is -2.37. The van der Waals surface area contributed by atoms with Crippen molar-refractivity contribution in [3.63, 3.8) is 0 Å². The van der Waals surface area contributed by atoms with Gasteiger partial charge < -0.3 is 10.1 Å². The average Bonchev–Trinajstić information content (AvgIpc) is 2.63. The molecule has 1 aromatic carbocycles. The van der Waals surface area contributed by atoms with E-state index < -0.39 is 18.0 Å². The summed E-state index contributed by atoms with van der Waals surface area (Å²) in [6.07, 6.45) is 2.72. The highest BCUT2D eigenvalue weighted by Crippen LogP contribution is 2.15. The number of hydrogen-bond donors (Lipinski definition) is 1. The van der Waals surface area contributed by atoms with E-state index in [4.69, 9.17) is 4.74 Å². The maximum atomic E-state index is 12.2. The van der Waals surface area contributed by atoms with Crippen LogP contribution in [-0.2, 0) is 9.59 Å². The maximum Gasteiger partial charge on any atom is 0.422 e. The zero-order valence-electron chi connectivity index (χ0n) is 10.9. The molecule has 6 heteroatoms. The normalized spacial score (nSPS) is 19.1. The molecular formula is C14H15N2O4. The largest absolute Gasteiger partial charge is 0.422 e. The van der Waals surface area contributed by atoms with Crippen LogP contribution in [0.15, 0.2) is 30.3 Å². The molecule has 6 nitrogen and oxygen atoms in total.